The van der Waals surface area contributed by atoms with E-state index < -0.39 is 24.2 Å². The van der Waals surface area contributed by atoms with Crippen molar-refractivity contribution in [1.82, 2.24) is 5.32 Å². The van der Waals surface area contributed by atoms with E-state index >= 15 is 0 Å². The maximum absolute atomic E-state index is 12.2. The first kappa shape index (κ1) is 12.0. The van der Waals surface area contributed by atoms with Crippen molar-refractivity contribution in [3.63, 3.8) is 0 Å². The highest BCUT2D eigenvalue weighted by atomic mass is 19.3. The van der Waals surface area contributed by atoms with Gasteiger partial charge in [-0.05, 0) is 0 Å². The highest BCUT2D eigenvalue weighted by molar-refractivity contribution is 5.84. The van der Waals surface area contributed by atoms with Crippen LogP contribution in [-0.2, 0) is 4.79 Å². The highest BCUT2D eigenvalue weighted by Crippen LogP contribution is 2.38. The van der Waals surface area contributed by atoms with Crippen molar-refractivity contribution < 1.29 is 31.1 Å². The van der Waals surface area contributed by atoms with Crippen molar-refractivity contribution in [3.05, 3.63) is 0 Å². The summed E-state index contributed by atoms with van der Waals surface area (Å²) in [5.41, 5.74) is 0. The van der Waals surface area contributed by atoms with E-state index in [2.05, 4.69) is 0 Å². The Balaban J connectivity index is 4.91. The Hall–Kier alpha value is -0.950. The minimum Gasteiger partial charge on any atom is -0.354 e. The van der Waals surface area contributed by atoms with Crippen LogP contribution in [0.3, 0.4) is 0 Å². The van der Waals surface area contributed by atoms with Crippen LogP contribution in [0.2, 0.25) is 0 Å². The molecule has 1 N–H and O–H groups in total. The molecule has 0 radical (unpaired) electrons. The average molecular weight is 209 g/mol. The third kappa shape index (κ3) is 1.86. The van der Waals surface area contributed by atoms with Gasteiger partial charge in [-0.15, -0.1) is 0 Å². The van der Waals surface area contributed by atoms with Gasteiger partial charge >= 0.3 is 18.3 Å². The Morgan fingerprint density at radius 3 is 1.85 bits per heavy atom. The number of carbonyl (C=O) groups excluding carboxylic acids is 1. The summed E-state index contributed by atoms with van der Waals surface area (Å²) < 4.78 is 71.2. The number of hydrogen-bond acceptors (Lipinski definition) is 1. The smallest absolute Gasteiger partial charge is 0.354 e. The Bertz CT molecular complexity index is 203. The van der Waals surface area contributed by atoms with Crippen molar-refractivity contribution >= 4 is 5.91 Å². The van der Waals surface area contributed by atoms with Crippen LogP contribution < -0.4 is 5.32 Å². The van der Waals surface area contributed by atoms with Gasteiger partial charge in [-0.1, -0.05) is 0 Å². The van der Waals surface area contributed by atoms with Crippen molar-refractivity contribution in [3.8, 4) is 0 Å². The van der Waals surface area contributed by atoms with Gasteiger partial charge < -0.3 is 5.32 Å². The summed E-state index contributed by atoms with van der Waals surface area (Å²) in [5.74, 6) is -13.5. The third-order valence-electron chi connectivity index (χ3n) is 1.20. The molecular formula is C5H5F6NO. The van der Waals surface area contributed by atoms with E-state index in [9.17, 15) is 31.1 Å². The molecule has 0 atom stereocenters. The van der Waals surface area contributed by atoms with E-state index in [-0.39, 0.29) is 0 Å². The molecule has 0 rings (SSSR count). The lowest BCUT2D eigenvalue weighted by atomic mass is 10.1. The fraction of sp³-hybridized carbons (Fsp3) is 0.800. The van der Waals surface area contributed by atoms with Crippen LogP contribution in [0.4, 0.5) is 26.3 Å². The molecule has 0 aromatic rings. The molecule has 0 aromatic carbocycles. The van der Waals surface area contributed by atoms with E-state index in [1.807, 2.05) is 0 Å². The summed E-state index contributed by atoms with van der Waals surface area (Å²) in [6.45, 7) is 0. The maximum atomic E-state index is 12.2. The Labute approximate surface area is 68.9 Å². The molecule has 2 nitrogen and oxygen atoms in total. The molecule has 1 amide bonds. The fourth-order valence-electron chi connectivity index (χ4n) is 0.445. The summed E-state index contributed by atoms with van der Waals surface area (Å²) in [6.07, 6.45) is -4.60. The summed E-state index contributed by atoms with van der Waals surface area (Å²) in [5, 5.41) is 1.16. The van der Waals surface area contributed by atoms with E-state index in [0.29, 0.717) is 7.05 Å². The molecule has 78 valence electrons. The van der Waals surface area contributed by atoms with Crippen LogP contribution in [0.15, 0.2) is 0 Å². The molecule has 0 fully saturated rings. The number of carbonyl (C=O) groups is 1. The fourth-order valence-corrected chi connectivity index (χ4v) is 0.445. The first-order valence-corrected chi connectivity index (χ1v) is 2.94. The molecule has 0 saturated heterocycles. The lowest BCUT2D eigenvalue weighted by Gasteiger charge is -2.23. The second-order valence-electron chi connectivity index (χ2n) is 2.08. The maximum Gasteiger partial charge on any atom is 0.392 e. The zero-order valence-corrected chi connectivity index (χ0v) is 6.25. The SMILES string of the molecule is CNC(=O)C(F)(F)C(F)(F)C(F)F. The summed E-state index contributed by atoms with van der Waals surface area (Å²) >= 11 is 0. The summed E-state index contributed by atoms with van der Waals surface area (Å²) in [4.78, 5) is 10.1. The molecule has 8 heteroatoms. The number of alkyl halides is 6. The van der Waals surface area contributed by atoms with Gasteiger partial charge in [-0.25, -0.2) is 8.78 Å². The molecule has 0 aliphatic heterocycles. The Morgan fingerprint density at radius 1 is 1.23 bits per heavy atom. The van der Waals surface area contributed by atoms with Crippen LogP contribution >= 0.6 is 0 Å². The third-order valence-corrected chi connectivity index (χ3v) is 1.20. The summed E-state index contributed by atoms with van der Waals surface area (Å²) in [7, 11) is 0.637. The van der Waals surface area contributed by atoms with Crippen molar-refractivity contribution in [2.75, 3.05) is 7.05 Å². The van der Waals surface area contributed by atoms with Gasteiger partial charge in [-0.3, -0.25) is 4.79 Å². The molecule has 0 spiro atoms. The number of amides is 1. The normalized spacial score (nSPS) is 13.2. The van der Waals surface area contributed by atoms with E-state index in [4.69, 9.17) is 0 Å². The molecule has 0 bridgehead atoms. The number of hydrogen-bond donors (Lipinski definition) is 1. The van der Waals surface area contributed by atoms with E-state index in [0.717, 1.165) is 5.32 Å². The largest absolute Gasteiger partial charge is 0.392 e. The second kappa shape index (κ2) is 3.43. The standard InChI is InChI=1S/C5H5F6NO/c1-12-3(13)5(10,11)4(8,9)2(6)7/h2H,1H3,(H,12,13). The van der Waals surface area contributed by atoms with Crippen molar-refractivity contribution in [1.29, 1.82) is 0 Å². The van der Waals surface area contributed by atoms with Gasteiger partial charge in [0.05, 0.1) is 0 Å². The van der Waals surface area contributed by atoms with E-state index in [1.54, 1.807) is 0 Å². The average Bonchev–Trinajstić information content (AvgIpc) is 2.02. The van der Waals surface area contributed by atoms with Gasteiger partial charge in [0, 0.05) is 7.05 Å². The topological polar surface area (TPSA) is 29.1 Å². The number of halogens is 6. The minimum absolute atomic E-state index is 0.637. The van der Waals surface area contributed by atoms with Crippen LogP contribution in [0.5, 0.6) is 0 Å². The zero-order valence-electron chi connectivity index (χ0n) is 6.25. The van der Waals surface area contributed by atoms with Crippen LogP contribution in [0.1, 0.15) is 0 Å². The molecule has 0 unspecified atom stereocenters. The lowest BCUT2D eigenvalue weighted by Crippen LogP contribution is -2.55. The van der Waals surface area contributed by atoms with Gasteiger partial charge in [-0.2, -0.15) is 17.6 Å². The molecule has 0 aromatic heterocycles. The van der Waals surface area contributed by atoms with Crippen LogP contribution in [-0.4, -0.2) is 31.2 Å². The zero-order chi connectivity index (χ0) is 10.9. The first-order valence-electron chi connectivity index (χ1n) is 2.94. The Kier molecular flexibility index (Phi) is 3.18. The lowest BCUT2D eigenvalue weighted by molar-refractivity contribution is -0.254. The van der Waals surface area contributed by atoms with Gasteiger partial charge in [0.1, 0.15) is 0 Å². The predicted octanol–water partition coefficient (Wildman–Crippen LogP) is 1.27. The van der Waals surface area contributed by atoms with Gasteiger partial charge in [0.25, 0.3) is 5.91 Å². The van der Waals surface area contributed by atoms with Crippen molar-refractivity contribution in [2.45, 2.75) is 18.3 Å². The number of rotatable bonds is 3. The van der Waals surface area contributed by atoms with Crippen LogP contribution in [0.25, 0.3) is 0 Å². The summed E-state index contributed by atoms with van der Waals surface area (Å²) in [6, 6.07) is 0. The molecule has 0 aliphatic carbocycles. The Morgan fingerprint density at radius 2 is 1.62 bits per heavy atom. The second-order valence-corrected chi connectivity index (χ2v) is 2.08. The molecule has 0 aliphatic rings. The van der Waals surface area contributed by atoms with E-state index in [1.165, 1.54) is 0 Å². The predicted molar refractivity (Wildman–Crippen MR) is 30.0 cm³/mol. The van der Waals surface area contributed by atoms with Crippen LogP contribution in [0, 0.1) is 0 Å². The number of nitrogens with one attached hydrogen (secondary N) is 1. The molecular weight excluding hydrogens is 204 g/mol. The van der Waals surface area contributed by atoms with Gasteiger partial charge in [0.2, 0.25) is 0 Å². The minimum atomic E-state index is -5.66. The molecule has 0 heterocycles. The monoisotopic (exact) mass is 209 g/mol. The molecule has 0 saturated carbocycles. The van der Waals surface area contributed by atoms with Gasteiger partial charge in [0.15, 0.2) is 0 Å². The first-order chi connectivity index (χ1) is 5.67. The van der Waals surface area contributed by atoms with Crippen molar-refractivity contribution in [2.24, 2.45) is 0 Å². The quantitative estimate of drug-likeness (QED) is 0.696. The molecule has 13 heavy (non-hydrogen) atoms. The highest BCUT2D eigenvalue weighted by Gasteiger charge is 2.67.